The molecule has 0 aromatic carbocycles. The summed E-state index contributed by atoms with van der Waals surface area (Å²) < 4.78 is 0. The number of aliphatic hydroxyl groups is 1. The van der Waals surface area contributed by atoms with E-state index >= 15 is 0 Å². The monoisotopic (exact) mass is 255 g/mol. The molecule has 0 aliphatic carbocycles. The Bertz CT molecular complexity index is 348. The quantitative estimate of drug-likeness (QED) is 0.845. The highest BCUT2D eigenvalue weighted by atomic mass is 32.1. The molecule has 0 aliphatic rings. The van der Waals surface area contributed by atoms with Gasteiger partial charge in [-0.3, -0.25) is 0 Å². The number of hydrogen-bond donors (Lipinski definition) is 1. The number of aliphatic hydroxyl groups excluding tert-OH is 1. The molecule has 3 heteroatoms. The summed E-state index contributed by atoms with van der Waals surface area (Å²) >= 11 is 1.82. The number of aryl methyl sites for hydroxylation is 1. The molecular formula is C14H25NOS. The molecule has 1 N–H and O–H groups in total. The summed E-state index contributed by atoms with van der Waals surface area (Å²) in [5.74, 6) is 0. The Morgan fingerprint density at radius 1 is 1.29 bits per heavy atom. The van der Waals surface area contributed by atoms with Gasteiger partial charge in [-0.2, -0.15) is 0 Å². The maximum Gasteiger partial charge on any atom is 0.0768 e. The Morgan fingerprint density at radius 2 is 1.88 bits per heavy atom. The Kier molecular flexibility index (Phi) is 5.17. The summed E-state index contributed by atoms with van der Waals surface area (Å²) in [5, 5.41) is 10.4. The molecule has 17 heavy (non-hydrogen) atoms. The molecule has 1 aromatic rings. The van der Waals surface area contributed by atoms with E-state index in [1.165, 1.54) is 9.75 Å². The first-order valence-electron chi connectivity index (χ1n) is 6.37. The normalized spacial score (nSPS) is 17.1. The van der Waals surface area contributed by atoms with Crippen molar-refractivity contribution in [2.24, 2.45) is 0 Å². The third-order valence-electron chi connectivity index (χ3n) is 3.92. The van der Waals surface area contributed by atoms with E-state index in [1.807, 2.05) is 25.4 Å². The molecule has 0 aliphatic heterocycles. The van der Waals surface area contributed by atoms with Crippen LogP contribution in [0.1, 0.15) is 36.9 Å². The molecule has 0 radical (unpaired) electrons. The van der Waals surface area contributed by atoms with E-state index in [2.05, 4.69) is 37.8 Å². The Balaban J connectivity index is 2.73. The third kappa shape index (κ3) is 3.30. The third-order valence-corrected chi connectivity index (χ3v) is 5.17. The van der Waals surface area contributed by atoms with Crippen LogP contribution in [0.4, 0.5) is 0 Å². The lowest BCUT2D eigenvalue weighted by atomic mass is 9.88. The van der Waals surface area contributed by atoms with Gasteiger partial charge in [0, 0.05) is 21.7 Å². The van der Waals surface area contributed by atoms with E-state index in [9.17, 15) is 5.11 Å². The molecule has 1 rings (SSSR count). The van der Waals surface area contributed by atoms with Gasteiger partial charge in [0.15, 0.2) is 0 Å². The maximum atomic E-state index is 10.4. The summed E-state index contributed by atoms with van der Waals surface area (Å²) in [6.07, 6.45) is 2.48. The topological polar surface area (TPSA) is 23.5 Å². The molecule has 0 spiro atoms. The van der Waals surface area contributed by atoms with Gasteiger partial charge in [-0.25, -0.2) is 0 Å². The highest BCUT2D eigenvalue weighted by molar-refractivity contribution is 7.11. The molecule has 0 bridgehead atoms. The lowest BCUT2D eigenvalue weighted by Gasteiger charge is -2.39. The number of thiophene rings is 1. The summed E-state index contributed by atoms with van der Waals surface area (Å²) in [6.45, 7) is 6.43. The zero-order valence-corrected chi connectivity index (χ0v) is 12.5. The minimum atomic E-state index is -0.314. The van der Waals surface area contributed by atoms with Crippen LogP contribution in [0.5, 0.6) is 0 Å². The van der Waals surface area contributed by atoms with Crippen molar-refractivity contribution in [2.75, 3.05) is 14.1 Å². The van der Waals surface area contributed by atoms with Crippen molar-refractivity contribution in [1.82, 2.24) is 4.90 Å². The molecular weight excluding hydrogens is 230 g/mol. The lowest BCUT2D eigenvalue weighted by Crippen LogP contribution is -2.51. The highest BCUT2D eigenvalue weighted by Gasteiger charge is 2.33. The summed E-state index contributed by atoms with van der Waals surface area (Å²) in [5.41, 5.74) is -0.142. The van der Waals surface area contributed by atoms with Gasteiger partial charge in [-0.15, -0.1) is 11.3 Å². The van der Waals surface area contributed by atoms with E-state index < -0.39 is 0 Å². The van der Waals surface area contributed by atoms with Gasteiger partial charge >= 0.3 is 0 Å². The van der Waals surface area contributed by atoms with Crippen LogP contribution in [0.25, 0.3) is 0 Å². The standard InChI is InChI=1S/C14H25NOS/c1-6-11-8-9-12(17-11)10-13(16)14(3,7-2)15(4)5/h8-9,13,16H,6-7,10H2,1-5H3. The Hall–Kier alpha value is -0.380. The van der Waals surface area contributed by atoms with E-state index in [1.54, 1.807) is 0 Å². The van der Waals surface area contributed by atoms with Crippen LogP contribution >= 0.6 is 11.3 Å². The molecule has 1 heterocycles. The van der Waals surface area contributed by atoms with E-state index in [0.717, 1.165) is 19.3 Å². The van der Waals surface area contributed by atoms with Crippen molar-refractivity contribution in [3.8, 4) is 0 Å². The fraction of sp³-hybridized carbons (Fsp3) is 0.714. The summed E-state index contributed by atoms with van der Waals surface area (Å²) in [6, 6.07) is 4.32. The second-order valence-corrected chi connectivity index (χ2v) is 6.30. The largest absolute Gasteiger partial charge is 0.391 e. The zero-order valence-electron chi connectivity index (χ0n) is 11.7. The first-order chi connectivity index (χ1) is 7.93. The fourth-order valence-corrected chi connectivity index (χ4v) is 2.98. The van der Waals surface area contributed by atoms with Crippen molar-refractivity contribution in [1.29, 1.82) is 0 Å². The molecule has 98 valence electrons. The molecule has 2 nitrogen and oxygen atoms in total. The average Bonchev–Trinajstić information content (AvgIpc) is 2.75. The van der Waals surface area contributed by atoms with Crippen LogP contribution in [-0.2, 0) is 12.8 Å². The van der Waals surface area contributed by atoms with Crippen LogP contribution in [0, 0.1) is 0 Å². The van der Waals surface area contributed by atoms with Gasteiger partial charge in [0.1, 0.15) is 0 Å². The van der Waals surface area contributed by atoms with Gasteiger partial charge in [0.2, 0.25) is 0 Å². The zero-order chi connectivity index (χ0) is 13.1. The number of nitrogens with zero attached hydrogens (tertiary/aromatic N) is 1. The Morgan fingerprint density at radius 3 is 2.29 bits per heavy atom. The van der Waals surface area contributed by atoms with E-state index in [0.29, 0.717) is 0 Å². The molecule has 2 atom stereocenters. The number of rotatable bonds is 6. The lowest BCUT2D eigenvalue weighted by molar-refractivity contribution is 0.00346. The fourth-order valence-electron chi connectivity index (χ4n) is 1.98. The predicted octanol–water partition coefficient (Wildman–Crippen LogP) is 2.94. The van der Waals surface area contributed by atoms with Gasteiger partial charge in [-0.05, 0) is 46.0 Å². The van der Waals surface area contributed by atoms with Crippen molar-refractivity contribution in [2.45, 2.75) is 51.7 Å². The second kappa shape index (κ2) is 5.98. The molecule has 0 amide bonds. The number of hydrogen-bond acceptors (Lipinski definition) is 3. The molecule has 0 saturated carbocycles. The molecule has 2 unspecified atom stereocenters. The van der Waals surface area contributed by atoms with Crippen LogP contribution in [0.15, 0.2) is 12.1 Å². The summed E-state index contributed by atoms with van der Waals surface area (Å²) in [7, 11) is 4.08. The van der Waals surface area contributed by atoms with Crippen LogP contribution in [0.2, 0.25) is 0 Å². The first kappa shape index (κ1) is 14.7. The average molecular weight is 255 g/mol. The van der Waals surface area contributed by atoms with Gasteiger partial charge in [0.25, 0.3) is 0 Å². The molecule has 0 fully saturated rings. The molecule has 1 aromatic heterocycles. The van der Waals surface area contributed by atoms with Crippen molar-refractivity contribution < 1.29 is 5.11 Å². The van der Waals surface area contributed by atoms with E-state index in [4.69, 9.17) is 0 Å². The highest BCUT2D eigenvalue weighted by Crippen LogP contribution is 2.26. The predicted molar refractivity (Wildman–Crippen MR) is 75.8 cm³/mol. The van der Waals surface area contributed by atoms with Crippen molar-refractivity contribution in [3.63, 3.8) is 0 Å². The first-order valence-corrected chi connectivity index (χ1v) is 7.18. The minimum absolute atomic E-state index is 0.142. The summed E-state index contributed by atoms with van der Waals surface area (Å²) in [4.78, 5) is 4.82. The minimum Gasteiger partial charge on any atom is -0.391 e. The van der Waals surface area contributed by atoms with Crippen LogP contribution in [-0.4, -0.2) is 35.7 Å². The van der Waals surface area contributed by atoms with Gasteiger partial charge in [-0.1, -0.05) is 13.8 Å². The second-order valence-electron chi connectivity index (χ2n) is 5.05. The van der Waals surface area contributed by atoms with Crippen molar-refractivity contribution >= 4 is 11.3 Å². The van der Waals surface area contributed by atoms with Crippen LogP contribution < -0.4 is 0 Å². The van der Waals surface area contributed by atoms with Crippen molar-refractivity contribution in [3.05, 3.63) is 21.9 Å². The molecule has 0 saturated heterocycles. The smallest absolute Gasteiger partial charge is 0.0768 e. The number of likely N-dealkylation sites (N-methyl/N-ethyl adjacent to an activating group) is 1. The maximum absolute atomic E-state index is 10.4. The van der Waals surface area contributed by atoms with Crippen LogP contribution in [0.3, 0.4) is 0 Å². The van der Waals surface area contributed by atoms with Gasteiger partial charge < -0.3 is 10.0 Å². The van der Waals surface area contributed by atoms with Gasteiger partial charge in [0.05, 0.1) is 6.10 Å². The Labute approximate surface area is 109 Å². The van der Waals surface area contributed by atoms with E-state index in [-0.39, 0.29) is 11.6 Å². The SMILES string of the molecule is CCc1ccc(CC(O)C(C)(CC)N(C)C)s1.